The molecule has 4 heterocycles. The van der Waals surface area contributed by atoms with Crippen molar-refractivity contribution >= 4 is 17.4 Å². The van der Waals surface area contributed by atoms with Gasteiger partial charge in [0.25, 0.3) is 5.91 Å². The van der Waals surface area contributed by atoms with Crippen molar-refractivity contribution in [2.24, 2.45) is 7.05 Å². The van der Waals surface area contributed by atoms with Gasteiger partial charge in [0.2, 0.25) is 0 Å². The Labute approximate surface area is 155 Å². The molecule has 9 heteroatoms. The van der Waals surface area contributed by atoms with Crippen LogP contribution in [0.1, 0.15) is 12.0 Å². The van der Waals surface area contributed by atoms with E-state index in [0.717, 1.165) is 5.56 Å². The summed E-state index contributed by atoms with van der Waals surface area (Å²) in [5.74, 6) is 1.05. The highest BCUT2D eigenvalue weighted by Gasteiger charge is 2.28. The second kappa shape index (κ2) is 6.94. The first-order chi connectivity index (χ1) is 13.1. The van der Waals surface area contributed by atoms with Crippen LogP contribution in [0.3, 0.4) is 0 Å². The monoisotopic (exact) mass is 366 g/mol. The van der Waals surface area contributed by atoms with Crippen molar-refractivity contribution < 1.29 is 14.3 Å². The van der Waals surface area contributed by atoms with Crippen LogP contribution in [0.15, 0.2) is 43.0 Å². The standard InChI is InChI=1S/C18H18N6O3/c1-24-10-14(17(23-24)13-4-3-12(26-2)9-19-13)22-18(25)16-6-5-15(27-16)11-7-20-21-8-11/h3-5,7-10,16H,6H2,1-2H3,(H,20,21)(H,22,25). The number of pyridine rings is 1. The molecule has 1 aliphatic heterocycles. The molecule has 0 fully saturated rings. The minimum Gasteiger partial charge on any atom is -0.495 e. The van der Waals surface area contributed by atoms with E-state index in [0.29, 0.717) is 35.0 Å². The lowest BCUT2D eigenvalue weighted by molar-refractivity contribution is -0.123. The second-order valence-electron chi connectivity index (χ2n) is 6.04. The largest absolute Gasteiger partial charge is 0.495 e. The molecule has 0 saturated heterocycles. The number of nitrogens with zero attached hydrogens (tertiary/aromatic N) is 4. The van der Waals surface area contributed by atoms with Gasteiger partial charge in [0, 0.05) is 25.9 Å². The van der Waals surface area contributed by atoms with Gasteiger partial charge in [-0.2, -0.15) is 10.2 Å². The maximum Gasteiger partial charge on any atom is 0.265 e. The summed E-state index contributed by atoms with van der Waals surface area (Å²) >= 11 is 0. The number of nitrogens with one attached hydrogen (secondary N) is 2. The van der Waals surface area contributed by atoms with Crippen molar-refractivity contribution in [1.29, 1.82) is 0 Å². The van der Waals surface area contributed by atoms with Gasteiger partial charge in [-0.1, -0.05) is 0 Å². The summed E-state index contributed by atoms with van der Waals surface area (Å²) in [5, 5.41) is 13.9. The number of methoxy groups -OCH3 is 1. The van der Waals surface area contributed by atoms with E-state index in [1.54, 1.807) is 55.8 Å². The van der Waals surface area contributed by atoms with Crippen molar-refractivity contribution in [3.8, 4) is 17.1 Å². The molecule has 4 rings (SSSR count). The number of carbonyl (C=O) groups excluding carboxylic acids is 1. The number of carbonyl (C=O) groups is 1. The minimum absolute atomic E-state index is 0.243. The molecule has 1 amide bonds. The zero-order valence-electron chi connectivity index (χ0n) is 14.8. The van der Waals surface area contributed by atoms with E-state index in [4.69, 9.17) is 9.47 Å². The lowest BCUT2D eigenvalue weighted by atomic mass is 10.2. The zero-order valence-corrected chi connectivity index (χ0v) is 14.8. The Morgan fingerprint density at radius 1 is 1.41 bits per heavy atom. The Morgan fingerprint density at radius 2 is 2.30 bits per heavy atom. The average Bonchev–Trinajstić information content (AvgIpc) is 3.42. The fourth-order valence-electron chi connectivity index (χ4n) is 2.82. The van der Waals surface area contributed by atoms with Crippen LogP contribution in [0.4, 0.5) is 5.69 Å². The van der Waals surface area contributed by atoms with E-state index in [-0.39, 0.29) is 5.91 Å². The number of anilines is 1. The van der Waals surface area contributed by atoms with Gasteiger partial charge in [-0.3, -0.25) is 19.6 Å². The average molecular weight is 366 g/mol. The zero-order chi connectivity index (χ0) is 18.8. The summed E-state index contributed by atoms with van der Waals surface area (Å²) in [4.78, 5) is 17.0. The topological polar surface area (TPSA) is 107 Å². The Kier molecular flexibility index (Phi) is 4.33. The molecule has 1 atom stereocenters. The quantitative estimate of drug-likeness (QED) is 0.715. The predicted molar refractivity (Wildman–Crippen MR) is 97.7 cm³/mol. The normalized spacial score (nSPS) is 15.9. The number of amides is 1. The molecule has 0 bridgehead atoms. The fraction of sp³-hybridized carbons (Fsp3) is 0.222. The first kappa shape index (κ1) is 16.8. The van der Waals surface area contributed by atoms with Gasteiger partial charge in [0.15, 0.2) is 6.10 Å². The molecule has 2 N–H and O–H groups in total. The summed E-state index contributed by atoms with van der Waals surface area (Å²) < 4.78 is 12.5. The van der Waals surface area contributed by atoms with E-state index >= 15 is 0 Å². The molecule has 0 saturated carbocycles. The molecule has 0 spiro atoms. The smallest absolute Gasteiger partial charge is 0.265 e. The van der Waals surface area contributed by atoms with Crippen molar-refractivity contribution in [3.63, 3.8) is 0 Å². The fourth-order valence-corrected chi connectivity index (χ4v) is 2.82. The number of aromatic amines is 1. The maximum absolute atomic E-state index is 12.7. The molecule has 1 unspecified atom stereocenters. The molecule has 3 aromatic rings. The van der Waals surface area contributed by atoms with Crippen molar-refractivity contribution in [3.05, 3.63) is 48.6 Å². The van der Waals surface area contributed by atoms with Gasteiger partial charge in [0.1, 0.15) is 17.2 Å². The number of hydrogen-bond acceptors (Lipinski definition) is 6. The van der Waals surface area contributed by atoms with Crippen molar-refractivity contribution in [2.75, 3.05) is 12.4 Å². The molecule has 0 aromatic carbocycles. The summed E-state index contributed by atoms with van der Waals surface area (Å²) in [6.07, 6.45) is 8.48. The highest BCUT2D eigenvalue weighted by atomic mass is 16.5. The van der Waals surface area contributed by atoms with E-state index < -0.39 is 6.10 Å². The van der Waals surface area contributed by atoms with Gasteiger partial charge in [-0.15, -0.1) is 0 Å². The first-order valence-corrected chi connectivity index (χ1v) is 8.35. The van der Waals surface area contributed by atoms with Crippen LogP contribution in [0, 0.1) is 0 Å². The molecule has 27 heavy (non-hydrogen) atoms. The molecule has 0 aliphatic carbocycles. The predicted octanol–water partition coefficient (Wildman–Crippen LogP) is 1.98. The number of aromatic nitrogens is 5. The van der Waals surface area contributed by atoms with E-state index in [2.05, 4.69) is 25.6 Å². The molecule has 9 nitrogen and oxygen atoms in total. The Balaban J connectivity index is 1.49. The van der Waals surface area contributed by atoms with Gasteiger partial charge in [0.05, 0.1) is 36.4 Å². The third-order valence-corrected chi connectivity index (χ3v) is 4.16. The second-order valence-corrected chi connectivity index (χ2v) is 6.04. The molecule has 138 valence electrons. The lowest BCUT2D eigenvalue weighted by Crippen LogP contribution is -2.27. The number of H-pyrrole nitrogens is 1. The number of aryl methyl sites for hydroxylation is 1. The summed E-state index contributed by atoms with van der Waals surface area (Å²) in [6, 6.07) is 3.59. The third-order valence-electron chi connectivity index (χ3n) is 4.16. The van der Waals surface area contributed by atoms with E-state index in [1.807, 2.05) is 6.08 Å². The van der Waals surface area contributed by atoms with Gasteiger partial charge in [-0.25, -0.2) is 0 Å². The highest BCUT2D eigenvalue weighted by Crippen LogP contribution is 2.29. The SMILES string of the molecule is COc1ccc(-c2nn(C)cc2NC(=O)C2CC=C(c3cn[nH]c3)O2)nc1. The number of ether oxygens (including phenoxy) is 2. The molecule has 1 aliphatic rings. The Hall–Kier alpha value is -3.62. The minimum atomic E-state index is -0.605. The van der Waals surface area contributed by atoms with Crippen LogP contribution in [0.2, 0.25) is 0 Å². The van der Waals surface area contributed by atoms with Crippen LogP contribution >= 0.6 is 0 Å². The van der Waals surface area contributed by atoms with Gasteiger partial charge >= 0.3 is 0 Å². The maximum atomic E-state index is 12.7. The van der Waals surface area contributed by atoms with Gasteiger partial charge < -0.3 is 14.8 Å². The van der Waals surface area contributed by atoms with Crippen molar-refractivity contribution in [2.45, 2.75) is 12.5 Å². The molecule has 3 aromatic heterocycles. The summed E-state index contributed by atoms with van der Waals surface area (Å²) in [6.45, 7) is 0. The van der Waals surface area contributed by atoms with Gasteiger partial charge in [-0.05, 0) is 18.2 Å². The first-order valence-electron chi connectivity index (χ1n) is 8.35. The summed E-state index contributed by atoms with van der Waals surface area (Å²) in [7, 11) is 3.36. The summed E-state index contributed by atoms with van der Waals surface area (Å²) in [5.41, 5.74) is 2.60. The molecule has 0 radical (unpaired) electrons. The molecular weight excluding hydrogens is 348 g/mol. The number of hydrogen-bond donors (Lipinski definition) is 2. The highest BCUT2D eigenvalue weighted by molar-refractivity contribution is 5.98. The van der Waals surface area contributed by atoms with Crippen LogP contribution < -0.4 is 10.1 Å². The van der Waals surface area contributed by atoms with E-state index in [9.17, 15) is 4.79 Å². The van der Waals surface area contributed by atoms with Crippen LogP contribution in [0.25, 0.3) is 17.1 Å². The molecular formula is C18H18N6O3. The van der Waals surface area contributed by atoms with Crippen LogP contribution in [-0.2, 0) is 16.6 Å². The van der Waals surface area contributed by atoms with Crippen LogP contribution in [0.5, 0.6) is 5.75 Å². The lowest BCUT2D eigenvalue weighted by Gasteiger charge is -2.13. The Morgan fingerprint density at radius 3 is 3.00 bits per heavy atom. The third kappa shape index (κ3) is 3.39. The van der Waals surface area contributed by atoms with Crippen LogP contribution in [-0.4, -0.2) is 44.1 Å². The van der Waals surface area contributed by atoms with E-state index in [1.165, 1.54) is 0 Å². The van der Waals surface area contributed by atoms with Crippen molar-refractivity contribution in [1.82, 2.24) is 25.0 Å². The number of rotatable bonds is 5. The Bertz CT molecular complexity index is 975.